The van der Waals surface area contributed by atoms with Crippen molar-refractivity contribution in [1.82, 2.24) is 4.98 Å². The number of nitrogens with one attached hydrogen (secondary N) is 1. The molecule has 3 heteroatoms. The third-order valence-corrected chi connectivity index (χ3v) is 3.11. The molecule has 0 radical (unpaired) electrons. The van der Waals surface area contributed by atoms with Crippen LogP contribution in [0.15, 0.2) is 24.4 Å². The number of hydrogen-bond acceptors (Lipinski definition) is 1. The maximum atomic E-state index is 11.4. The molecule has 1 aliphatic carbocycles. The molecule has 0 amide bonds. The largest absolute Gasteiger partial charge is 0.711 e. The van der Waals surface area contributed by atoms with Gasteiger partial charge >= 0.3 is 0 Å². The first-order valence-electron chi connectivity index (χ1n) is 5.05. The Labute approximate surface area is 82.0 Å². The molecule has 1 fully saturated rings. The van der Waals surface area contributed by atoms with Gasteiger partial charge in [0.05, 0.1) is 11.6 Å². The third-order valence-electron chi connectivity index (χ3n) is 3.11. The molecule has 2 heterocycles. The number of H-pyrrole nitrogens is 1. The van der Waals surface area contributed by atoms with E-state index in [2.05, 4.69) is 11.1 Å². The highest BCUT2D eigenvalue weighted by Gasteiger charge is 2.24. The van der Waals surface area contributed by atoms with Gasteiger partial charge in [-0.15, -0.1) is 0 Å². The molecule has 0 atom stereocenters. The number of fused-ring (bicyclic) bond motifs is 1. The number of nitrogens with zero attached hydrogens (tertiary/aromatic N) is 1. The zero-order chi connectivity index (χ0) is 9.54. The number of hydrogen-bond donors (Lipinski definition) is 1. The van der Waals surface area contributed by atoms with Gasteiger partial charge in [0.25, 0.3) is 5.65 Å². The van der Waals surface area contributed by atoms with Crippen LogP contribution in [-0.2, 0) is 0 Å². The summed E-state index contributed by atoms with van der Waals surface area (Å²) in [5.74, 6) is 0.655. The molecule has 1 N–H and O–H groups in total. The smallest absolute Gasteiger partial charge is 0.289 e. The van der Waals surface area contributed by atoms with Crippen LogP contribution in [0.2, 0.25) is 0 Å². The second kappa shape index (κ2) is 2.74. The topological polar surface area (TPSA) is 42.7 Å². The van der Waals surface area contributed by atoms with Crippen molar-refractivity contribution in [3.05, 3.63) is 35.3 Å². The van der Waals surface area contributed by atoms with Crippen molar-refractivity contribution in [3.8, 4) is 0 Å². The van der Waals surface area contributed by atoms with E-state index >= 15 is 0 Å². The van der Waals surface area contributed by atoms with Crippen molar-refractivity contribution in [2.24, 2.45) is 0 Å². The molecule has 0 saturated heterocycles. The van der Waals surface area contributed by atoms with Crippen LogP contribution in [0, 0.1) is 5.21 Å². The van der Waals surface area contributed by atoms with Crippen molar-refractivity contribution >= 4 is 11.0 Å². The quantitative estimate of drug-likeness (QED) is 0.540. The first-order chi connectivity index (χ1) is 6.84. The third kappa shape index (κ3) is 1.02. The molecular weight excluding hydrogens is 176 g/mol. The normalized spacial score (nSPS) is 17.1. The molecule has 0 aromatic carbocycles. The molecule has 3 nitrogen and oxygen atoms in total. The highest BCUT2D eigenvalue weighted by molar-refractivity contribution is 5.73. The van der Waals surface area contributed by atoms with Crippen LogP contribution < -0.4 is 4.73 Å². The van der Waals surface area contributed by atoms with E-state index in [1.807, 2.05) is 6.07 Å². The summed E-state index contributed by atoms with van der Waals surface area (Å²) in [5.41, 5.74) is 1.91. The Bertz CT molecular complexity index is 471. The zero-order valence-electron chi connectivity index (χ0n) is 7.86. The van der Waals surface area contributed by atoms with Gasteiger partial charge in [-0.2, -0.15) is 0 Å². The van der Waals surface area contributed by atoms with Gasteiger partial charge in [-0.05, 0) is 31.0 Å². The molecule has 1 aliphatic rings. The van der Waals surface area contributed by atoms with E-state index in [-0.39, 0.29) is 0 Å². The predicted molar refractivity (Wildman–Crippen MR) is 53.9 cm³/mol. The number of aromatic amines is 1. The maximum Gasteiger partial charge on any atom is 0.289 e. The lowest BCUT2D eigenvalue weighted by atomic mass is 9.83. The van der Waals surface area contributed by atoms with E-state index in [4.69, 9.17) is 0 Å². The van der Waals surface area contributed by atoms with Crippen molar-refractivity contribution in [2.75, 3.05) is 0 Å². The van der Waals surface area contributed by atoms with Crippen LogP contribution in [0.4, 0.5) is 0 Å². The second-order valence-electron chi connectivity index (χ2n) is 3.99. The Balaban J connectivity index is 2.15. The number of rotatable bonds is 1. The minimum atomic E-state index is 0.655. The first kappa shape index (κ1) is 7.85. The lowest BCUT2D eigenvalue weighted by Gasteiger charge is -2.21. The highest BCUT2D eigenvalue weighted by atomic mass is 16.5. The Morgan fingerprint density at radius 1 is 1.43 bits per heavy atom. The fourth-order valence-corrected chi connectivity index (χ4v) is 2.03. The molecule has 72 valence electrons. The lowest BCUT2D eigenvalue weighted by Crippen LogP contribution is -2.26. The average Bonchev–Trinajstić information content (AvgIpc) is 2.46. The van der Waals surface area contributed by atoms with Crippen LogP contribution in [0.3, 0.4) is 0 Å². The van der Waals surface area contributed by atoms with E-state index in [0.29, 0.717) is 11.6 Å². The monoisotopic (exact) mass is 188 g/mol. The Morgan fingerprint density at radius 3 is 2.93 bits per heavy atom. The SMILES string of the molecule is [O-][n+]1cccc2cc(C3CCC3)[nH]c21. The molecule has 0 bridgehead atoms. The van der Waals surface area contributed by atoms with Gasteiger partial charge in [0.15, 0.2) is 0 Å². The average molecular weight is 188 g/mol. The van der Waals surface area contributed by atoms with Gasteiger partial charge in [0.2, 0.25) is 0 Å². The molecule has 0 spiro atoms. The van der Waals surface area contributed by atoms with Crippen LogP contribution >= 0.6 is 0 Å². The number of aromatic nitrogens is 2. The fraction of sp³-hybridized carbons (Fsp3) is 0.364. The summed E-state index contributed by atoms with van der Waals surface area (Å²) < 4.78 is 0.900. The minimum Gasteiger partial charge on any atom is -0.711 e. The zero-order valence-corrected chi connectivity index (χ0v) is 7.86. The van der Waals surface area contributed by atoms with Crippen molar-refractivity contribution < 1.29 is 4.73 Å². The van der Waals surface area contributed by atoms with Crippen LogP contribution in [-0.4, -0.2) is 4.98 Å². The van der Waals surface area contributed by atoms with Gasteiger partial charge in [-0.3, -0.25) is 0 Å². The Hall–Kier alpha value is -1.51. The van der Waals surface area contributed by atoms with Crippen LogP contribution in [0.5, 0.6) is 0 Å². The van der Waals surface area contributed by atoms with E-state index < -0.39 is 0 Å². The summed E-state index contributed by atoms with van der Waals surface area (Å²) in [5, 5.41) is 12.4. The van der Waals surface area contributed by atoms with Crippen LogP contribution in [0.1, 0.15) is 30.9 Å². The predicted octanol–water partition coefficient (Wildman–Crippen LogP) is 2.07. The summed E-state index contributed by atoms with van der Waals surface area (Å²) >= 11 is 0. The molecule has 3 rings (SSSR count). The summed E-state index contributed by atoms with van der Waals surface area (Å²) in [6.07, 6.45) is 5.36. The summed E-state index contributed by atoms with van der Waals surface area (Å²) in [7, 11) is 0. The maximum absolute atomic E-state index is 11.4. The first-order valence-corrected chi connectivity index (χ1v) is 5.05. The second-order valence-corrected chi connectivity index (χ2v) is 3.99. The Morgan fingerprint density at radius 2 is 2.29 bits per heavy atom. The Kier molecular flexibility index (Phi) is 1.54. The highest BCUT2D eigenvalue weighted by Crippen LogP contribution is 2.36. The fourth-order valence-electron chi connectivity index (χ4n) is 2.03. The van der Waals surface area contributed by atoms with E-state index in [1.54, 1.807) is 6.07 Å². The van der Waals surface area contributed by atoms with Gasteiger partial charge in [-0.1, -0.05) is 6.42 Å². The molecule has 0 unspecified atom stereocenters. The molecule has 1 saturated carbocycles. The molecule has 14 heavy (non-hydrogen) atoms. The van der Waals surface area contributed by atoms with Gasteiger partial charge in [0, 0.05) is 5.92 Å². The number of pyridine rings is 1. The van der Waals surface area contributed by atoms with E-state index in [0.717, 1.165) is 10.1 Å². The van der Waals surface area contributed by atoms with Crippen molar-refractivity contribution in [3.63, 3.8) is 0 Å². The molecule has 0 aliphatic heterocycles. The van der Waals surface area contributed by atoms with Gasteiger partial charge < -0.3 is 5.21 Å². The lowest BCUT2D eigenvalue weighted by molar-refractivity contribution is -0.579. The van der Waals surface area contributed by atoms with Gasteiger partial charge in [-0.25, -0.2) is 9.71 Å². The molecule has 2 aromatic rings. The summed E-state index contributed by atoms with van der Waals surface area (Å²) in [4.78, 5) is 3.22. The molecular formula is C11H12N2O. The molecule has 2 aromatic heterocycles. The van der Waals surface area contributed by atoms with Gasteiger partial charge in [0.1, 0.15) is 5.69 Å². The minimum absolute atomic E-state index is 0.655. The van der Waals surface area contributed by atoms with E-state index in [9.17, 15) is 5.21 Å². The summed E-state index contributed by atoms with van der Waals surface area (Å²) in [6, 6.07) is 5.86. The van der Waals surface area contributed by atoms with Crippen LogP contribution in [0.25, 0.3) is 11.0 Å². The van der Waals surface area contributed by atoms with Crippen molar-refractivity contribution in [1.29, 1.82) is 0 Å². The van der Waals surface area contributed by atoms with E-state index in [1.165, 1.54) is 31.2 Å². The van der Waals surface area contributed by atoms with Crippen molar-refractivity contribution in [2.45, 2.75) is 25.2 Å². The standard InChI is InChI=1S/C11H12N2O/c14-13-6-2-5-9-7-10(12-11(9)13)8-3-1-4-8/h2,5-8,12H,1,3-4H2. The summed E-state index contributed by atoms with van der Waals surface area (Å²) in [6.45, 7) is 0.